The molecule has 2 aromatic rings. The fraction of sp³-hybridized carbons (Fsp3) is 0.444. The van der Waals surface area contributed by atoms with Crippen LogP contribution in [0.25, 0.3) is 0 Å². The SMILES string of the molecule is O=C(CC1OCCc2ccccc21)N1CCCC1c1ccn[nH]1. The molecular weight excluding hydrogens is 290 g/mol. The Morgan fingerprint density at radius 3 is 3.13 bits per heavy atom. The third-order valence-electron chi connectivity index (χ3n) is 4.91. The molecule has 1 saturated heterocycles. The third-order valence-corrected chi connectivity index (χ3v) is 4.91. The largest absolute Gasteiger partial charge is 0.373 e. The van der Waals surface area contributed by atoms with Crippen LogP contribution in [0.3, 0.4) is 0 Å². The lowest BCUT2D eigenvalue weighted by molar-refractivity contribution is -0.135. The molecule has 5 heteroatoms. The van der Waals surface area contributed by atoms with Crippen LogP contribution in [-0.2, 0) is 16.0 Å². The summed E-state index contributed by atoms with van der Waals surface area (Å²) in [7, 11) is 0. The molecular formula is C18H21N3O2. The average molecular weight is 311 g/mol. The second-order valence-electron chi connectivity index (χ2n) is 6.27. The Hall–Kier alpha value is -2.14. The second-order valence-corrected chi connectivity index (χ2v) is 6.27. The number of amides is 1. The van der Waals surface area contributed by atoms with Gasteiger partial charge in [-0.05, 0) is 36.5 Å². The van der Waals surface area contributed by atoms with Crippen LogP contribution in [0.4, 0.5) is 0 Å². The number of nitrogens with zero attached hydrogens (tertiary/aromatic N) is 2. The van der Waals surface area contributed by atoms with Gasteiger partial charge < -0.3 is 9.64 Å². The van der Waals surface area contributed by atoms with E-state index in [-0.39, 0.29) is 18.1 Å². The van der Waals surface area contributed by atoms with Crippen LogP contribution >= 0.6 is 0 Å². The molecule has 2 atom stereocenters. The molecule has 0 aliphatic carbocycles. The number of nitrogens with one attached hydrogen (secondary N) is 1. The smallest absolute Gasteiger partial charge is 0.226 e. The second kappa shape index (κ2) is 6.16. The molecule has 1 aromatic heterocycles. The van der Waals surface area contributed by atoms with Gasteiger partial charge in [0.1, 0.15) is 0 Å². The molecule has 3 heterocycles. The van der Waals surface area contributed by atoms with Crippen LogP contribution in [0.15, 0.2) is 36.5 Å². The molecule has 5 nitrogen and oxygen atoms in total. The van der Waals surface area contributed by atoms with E-state index in [0.717, 1.165) is 31.5 Å². The number of benzene rings is 1. The van der Waals surface area contributed by atoms with Crippen molar-refractivity contribution in [3.63, 3.8) is 0 Å². The summed E-state index contributed by atoms with van der Waals surface area (Å²) >= 11 is 0. The number of aromatic amines is 1. The van der Waals surface area contributed by atoms with Gasteiger partial charge in [0.25, 0.3) is 0 Å². The van der Waals surface area contributed by atoms with Crippen molar-refractivity contribution < 1.29 is 9.53 Å². The number of fused-ring (bicyclic) bond motifs is 1. The molecule has 0 spiro atoms. The van der Waals surface area contributed by atoms with Crippen molar-refractivity contribution in [3.8, 4) is 0 Å². The maximum absolute atomic E-state index is 12.8. The third kappa shape index (κ3) is 2.77. The first-order valence-electron chi connectivity index (χ1n) is 8.31. The number of H-pyrrole nitrogens is 1. The summed E-state index contributed by atoms with van der Waals surface area (Å²) in [5, 5.41) is 7.03. The van der Waals surface area contributed by atoms with Gasteiger partial charge in [-0.1, -0.05) is 24.3 Å². The van der Waals surface area contributed by atoms with Crippen LogP contribution in [-0.4, -0.2) is 34.2 Å². The number of hydrogen-bond donors (Lipinski definition) is 1. The Bertz CT molecular complexity index is 683. The van der Waals surface area contributed by atoms with E-state index in [1.54, 1.807) is 6.20 Å². The van der Waals surface area contributed by atoms with E-state index >= 15 is 0 Å². The van der Waals surface area contributed by atoms with Gasteiger partial charge in [-0.15, -0.1) is 0 Å². The molecule has 4 rings (SSSR count). The maximum Gasteiger partial charge on any atom is 0.226 e. The highest BCUT2D eigenvalue weighted by atomic mass is 16.5. The first-order chi connectivity index (χ1) is 11.3. The minimum atomic E-state index is -0.115. The van der Waals surface area contributed by atoms with Crippen LogP contribution in [0, 0.1) is 0 Å². The molecule has 0 bridgehead atoms. The molecule has 0 saturated carbocycles. The van der Waals surface area contributed by atoms with Crippen LogP contribution in [0.2, 0.25) is 0 Å². The molecule has 1 amide bonds. The minimum absolute atomic E-state index is 0.115. The Morgan fingerprint density at radius 2 is 2.26 bits per heavy atom. The van der Waals surface area contributed by atoms with E-state index in [2.05, 4.69) is 28.4 Å². The summed E-state index contributed by atoms with van der Waals surface area (Å²) in [6.45, 7) is 1.51. The fourth-order valence-corrected chi connectivity index (χ4v) is 3.76. The normalized spacial score (nSPS) is 23.7. The van der Waals surface area contributed by atoms with Gasteiger partial charge in [-0.25, -0.2) is 0 Å². The van der Waals surface area contributed by atoms with Crippen molar-refractivity contribution in [1.29, 1.82) is 0 Å². The van der Waals surface area contributed by atoms with Crippen molar-refractivity contribution in [1.82, 2.24) is 15.1 Å². The molecule has 2 aliphatic heterocycles. The standard InChI is InChI=1S/C18H21N3O2/c22-18(21-10-3-6-16(21)15-7-9-19-20-15)12-17-14-5-2-1-4-13(14)8-11-23-17/h1-2,4-5,7,9,16-17H,3,6,8,10-12H2,(H,19,20). The van der Waals surface area contributed by atoms with Gasteiger partial charge in [0, 0.05) is 12.7 Å². The van der Waals surface area contributed by atoms with E-state index in [1.807, 2.05) is 17.0 Å². The molecule has 1 N–H and O–H groups in total. The number of likely N-dealkylation sites (tertiary alicyclic amines) is 1. The van der Waals surface area contributed by atoms with Crippen molar-refractivity contribution in [2.75, 3.05) is 13.2 Å². The number of aromatic nitrogens is 2. The topological polar surface area (TPSA) is 58.2 Å². The zero-order valence-corrected chi connectivity index (χ0v) is 13.1. The van der Waals surface area contributed by atoms with E-state index in [0.29, 0.717) is 13.0 Å². The first kappa shape index (κ1) is 14.5. The highest BCUT2D eigenvalue weighted by molar-refractivity contribution is 5.77. The van der Waals surface area contributed by atoms with E-state index < -0.39 is 0 Å². The lowest BCUT2D eigenvalue weighted by Crippen LogP contribution is -2.33. The quantitative estimate of drug-likeness (QED) is 0.948. The number of ether oxygens (including phenoxy) is 1. The Labute approximate surface area is 135 Å². The van der Waals surface area contributed by atoms with E-state index in [4.69, 9.17) is 4.74 Å². The number of carbonyl (C=O) groups excluding carboxylic acids is 1. The van der Waals surface area contributed by atoms with Crippen LogP contribution in [0.5, 0.6) is 0 Å². The zero-order valence-electron chi connectivity index (χ0n) is 13.1. The summed E-state index contributed by atoms with van der Waals surface area (Å²) < 4.78 is 5.89. The molecule has 2 aliphatic rings. The summed E-state index contributed by atoms with van der Waals surface area (Å²) in [5.41, 5.74) is 3.51. The maximum atomic E-state index is 12.8. The van der Waals surface area contributed by atoms with E-state index in [9.17, 15) is 4.79 Å². The summed E-state index contributed by atoms with van der Waals surface area (Å²) in [4.78, 5) is 14.8. The first-order valence-corrected chi connectivity index (χ1v) is 8.31. The Morgan fingerprint density at radius 1 is 1.35 bits per heavy atom. The van der Waals surface area contributed by atoms with E-state index in [1.165, 1.54) is 11.1 Å². The lowest BCUT2D eigenvalue weighted by atomic mass is 9.95. The highest BCUT2D eigenvalue weighted by Crippen LogP contribution is 2.34. The Kier molecular flexibility index (Phi) is 3.87. The van der Waals surface area contributed by atoms with Gasteiger partial charge in [0.2, 0.25) is 5.91 Å². The van der Waals surface area contributed by atoms with Gasteiger partial charge >= 0.3 is 0 Å². The molecule has 0 radical (unpaired) electrons. The van der Waals surface area contributed by atoms with Gasteiger partial charge in [-0.2, -0.15) is 5.10 Å². The van der Waals surface area contributed by atoms with Crippen LogP contribution in [0.1, 0.15) is 48.2 Å². The van der Waals surface area contributed by atoms with Crippen molar-refractivity contribution in [2.24, 2.45) is 0 Å². The molecule has 1 fully saturated rings. The number of rotatable bonds is 3. The number of hydrogen-bond acceptors (Lipinski definition) is 3. The summed E-state index contributed by atoms with van der Waals surface area (Å²) in [5.74, 6) is 0.170. The van der Waals surface area contributed by atoms with Crippen molar-refractivity contribution in [2.45, 2.75) is 37.8 Å². The predicted octanol–water partition coefficient (Wildman–Crippen LogP) is 2.78. The average Bonchev–Trinajstić information content (AvgIpc) is 3.26. The fourth-order valence-electron chi connectivity index (χ4n) is 3.76. The zero-order chi connectivity index (χ0) is 15.6. The minimum Gasteiger partial charge on any atom is -0.373 e. The van der Waals surface area contributed by atoms with Gasteiger partial charge in [0.15, 0.2) is 0 Å². The summed E-state index contributed by atoms with van der Waals surface area (Å²) in [6.07, 6.45) is 5.02. The van der Waals surface area contributed by atoms with Gasteiger partial charge in [0.05, 0.1) is 30.9 Å². The van der Waals surface area contributed by atoms with Crippen molar-refractivity contribution in [3.05, 3.63) is 53.3 Å². The lowest BCUT2D eigenvalue weighted by Gasteiger charge is -2.29. The van der Waals surface area contributed by atoms with Crippen LogP contribution < -0.4 is 0 Å². The monoisotopic (exact) mass is 311 g/mol. The molecule has 23 heavy (non-hydrogen) atoms. The Balaban J connectivity index is 1.50. The molecule has 2 unspecified atom stereocenters. The number of carbonyl (C=O) groups is 1. The summed E-state index contributed by atoms with van der Waals surface area (Å²) in [6, 6.07) is 10.4. The molecule has 1 aromatic carbocycles. The molecule has 120 valence electrons. The highest BCUT2D eigenvalue weighted by Gasteiger charge is 2.33. The van der Waals surface area contributed by atoms with Gasteiger partial charge in [-0.3, -0.25) is 9.89 Å². The predicted molar refractivity (Wildman–Crippen MR) is 85.7 cm³/mol. The van der Waals surface area contributed by atoms with Crippen molar-refractivity contribution >= 4 is 5.91 Å².